The third-order valence-corrected chi connectivity index (χ3v) is 3.73. The number of benzene rings is 1. The summed E-state index contributed by atoms with van der Waals surface area (Å²) in [6, 6.07) is 7.89. The van der Waals surface area contributed by atoms with E-state index in [0.29, 0.717) is 25.3 Å². The SMILES string of the molecule is O=C(NCc1ccc(F)cc1)c1cncc(N2CCOCC2)c1. The molecule has 0 spiro atoms. The third kappa shape index (κ3) is 4.04. The summed E-state index contributed by atoms with van der Waals surface area (Å²) < 4.78 is 18.2. The maximum atomic E-state index is 12.9. The second-order valence-corrected chi connectivity index (χ2v) is 5.34. The van der Waals surface area contributed by atoms with E-state index in [-0.39, 0.29) is 11.7 Å². The van der Waals surface area contributed by atoms with Crippen LogP contribution in [0.15, 0.2) is 42.7 Å². The van der Waals surface area contributed by atoms with E-state index >= 15 is 0 Å². The van der Waals surface area contributed by atoms with Gasteiger partial charge in [-0.05, 0) is 23.8 Å². The maximum absolute atomic E-state index is 12.9. The Morgan fingerprint density at radius 2 is 1.96 bits per heavy atom. The molecule has 0 aliphatic carbocycles. The molecule has 2 heterocycles. The van der Waals surface area contributed by atoms with Gasteiger partial charge in [-0.1, -0.05) is 12.1 Å². The summed E-state index contributed by atoms with van der Waals surface area (Å²) in [5.74, 6) is -0.487. The molecule has 0 unspecified atom stereocenters. The molecular formula is C17H18FN3O2. The van der Waals surface area contributed by atoms with Gasteiger partial charge >= 0.3 is 0 Å². The first kappa shape index (κ1) is 15.4. The van der Waals surface area contributed by atoms with Crippen LogP contribution in [0.3, 0.4) is 0 Å². The average Bonchev–Trinajstić information content (AvgIpc) is 2.62. The van der Waals surface area contributed by atoms with Gasteiger partial charge in [-0.2, -0.15) is 0 Å². The van der Waals surface area contributed by atoms with Gasteiger partial charge in [-0.15, -0.1) is 0 Å². The molecule has 1 saturated heterocycles. The largest absolute Gasteiger partial charge is 0.378 e. The van der Waals surface area contributed by atoms with E-state index < -0.39 is 0 Å². The lowest BCUT2D eigenvalue weighted by Gasteiger charge is -2.28. The number of nitrogens with one attached hydrogen (secondary N) is 1. The van der Waals surface area contributed by atoms with Gasteiger partial charge in [0.25, 0.3) is 5.91 Å². The number of halogens is 1. The minimum absolute atomic E-state index is 0.197. The summed E-state index contributed by atoms with van der Waals surface area (Å²) in [5, 5.41) is 2.82. The van der Waals surface area contributed by atoms with Crippen LogP contribution < -0.4 is 10.2 Å². The number of hydrogen-bond donors (Lipinski definition) is 1. The van der Waals surface area contributed by atoms with Crippen molar-refractivity contribution in [3.05, 3.63) is 59.7 Å². The van der Waals surface area contributed by atoms with Crippen LogP contribution in [-0.2, 0) is 11.3 Å². The molecule has 0 bridgehead atoms. The van der Waals surface area contributed by atoms with Gasteiger partial charge in [0.2, 0.25) is 0 Å². The van der Waals surface area contributed by atoms with Gasteiger partial charge in [0, 0.05) is 25.8 Å². The van der Waals surface area contributed by atoms with Crippen LogP contribution in [0.4, 0.5) is 10.1 Å². The highest BCUT2D eigenvalue weighted by Gasteiger charge is 2.14. The van der Waals surface area contributed by atoms with E-state index in [2.05, 4.69) is 15.2 Å². The van der Waals surface area contributed by atoms with E-state index in [0.717, 1.165) is 24.3 Å². The van der Waals surface area contributed by atoms with Crippen LogP contribution in [0, 0.1) is 5.82 Å². The molecule has 2 aromatic rings. The van der Waals surface area contributed by atoms with Gasteiger partial charge in [0.05, 0.1) is 30.7 Å². The minimum atomic E-state index is -0.289. The minimum Gasteiger partial charge on any atom is -0.378 e. The smallest absolute Gasteiger partial charge is 0.253 e. The van der Waals surface area contributed by atoms with Crippen molar-refractivity contribution in [1.82, 2.24) is 10.3 Å². The van der Waals surface area contributed by atoms with Crippen molar-refractivity contribution in [2.45, 2.75) is 6.54 Å². The van der Waals surface area contributed by atoms with Gasteiger partial charge in [-0.3, -0.25) is 9.78 Å². The molecule has 1 aliphatic rings. The summed E-state index contributed by atoms with van der Waals surface area (Å²) in [6.07, 6.45) is 3.30. The van der Waals surface area contributed by atoms with Gasteiger partial charge in [0.15, 0.2) is 0 Å². The molecule has 5 nitrogen and oxygen atoms in total. The molecule has 6 heteroatoms. The quantitative estimate of drug-likeness (QED) is 0.937. The van der Waals surface area contributed by atoms with Crippen molar-refractivity contribution in [3.8, 4) is 0 Å². The number of pyridine rings is 1. The lowest BCUT2D eigenvalue weighted by atomic mass is 10.2. The average molecular weight is 315 g/mol. The Hall–Kier alpha value is -2.47. The molecular weight excluding hydrogens is 297 g/mol. The first-order chi connectivity index (χ1) is 11.2. The molecule has 120 valence electrons. The fraction of sp³-hybridized carbons (Fsp3) is 0.294. The molecule has 0 atom stereocenters. The third-order valence-electron chi connectivity index (χ3n) is 3.73. The Bertz CT molecular complexity index is 670. The molecule has 0 radical (unpaired) electrons. The zero-order valence-electron chi connectivity index (χ0n) is 12.7. The second kappa shape index (κ2) is 7.19. The van der Waals surface area contributed by atoms with Gasteiger partial charge < -0.3 is 15.0 Å². The summed E-state index contributed by atoms with van der Waals surface area (Å²) in [6.45, 7) is 3.30. The Morgan fingerprint density at radius 3 is 2.70 bits per heavy atom. The summed E-state index contributed by atoms with van der Waals surface area (Å²) in [4.78, 5) is 18.6. The van der Waals surface area contributed by atoms with Crippen LogP contribution in [0.1, 0.15) is 15.9 Å². The normalized spacial score (nSPS) is 14.6. The second-order valence-electron chi connectivity index (χ2n) is 5.34. The zero-order chi connectivity index (χ0) is 16.1. The van der Waals surface area contributed by atoms with Crippen LogP contribution in [-0.4, -0.2) is 37.2 Å². The van der Waals surface area contributed by atoms with Crippen LogP contribution in [0.5, 0.6) is 0 Å². The lowest BCUT2D eigenvalue weighted by Crippen LogP contribution is -2.36. The van der Waals surface area contributed by atoms with E-state index in [9.17, 15) is 9.18 Å². The summed E-state index contributed by atoms with van der Waals surface area (Å²) >= 11 is 0. The topological polar surface area (TPSA) is 54.5 Å². The van der Waals surface area contributed by atoms with Crippen molar-refractivity contribution in [2.24, 2.45) is 0 Å². The standard InChI is InChI=1S/C17H18FN3O2/c18-15-3-1-13(2-4-15)10-20-17(22)14-9-16(12-19-11-14)21-5-7-23-8-6-21/h1-4,9,11-12H,5-8,10H2,(H,20,22). The highest BCUT2D eigenvalue weighted by atomic mass is 19.1. The Morgan fingerprint density at radius 1 is 1.22 bits per heavy atom. The summed E-state index contributed by atoms with van der Waals surface area (Å²) in [5.41, 5.74) is 2.27. The van der Waals surface area contributed by atoms with E-state index in [1.807, 2.05) is 6.07 Å². The number of nitrogens with zero attached hydrogens (tertiary/aromatic N) is 2. The van der Waals surface area contributed by atoms with Crippen LogP contribution in [0.2, 0.25) is 0 Å². The van der Waals surface area contributed by atoms with Crippen molar-refractivity contribution in [2.75, 3.05) is 31.2 Å². The van der Waals surface area contributed by atoms with Gasteiger partial charge in [0.1, 0.15) is 5.82 Å². The first-order valence-corrected chi connectivity index (χ1v) is 7.53. The first-order valence-electron chi connectivity index (χ1n) is 7.53. The fourth-order valence-electron chi connectivity index (χ4n) is 2.43. The maximum Gasteiger partial charge on any atom is 0.253 e. The molecule has 1 aromatic carbocycles. The van der Waals surface area contributed by atoms with Crippen molar-refractivity contribution in [3.63, 3.8) is 0 Å². The number of carbonyl (C=O) groups is 1. The van der Waals surface area contributed by atoms with E-state index in [4.69, 9.17) is 4.74 Å². The number of morpholine rings is 1. The molecule has 3 rings (SSSR count). The Balaban J connectivity index is 1.63. The van der Waals surface area contributed by atoms with Crippen molar-refractivity contribution >= 4 is 11.6 Å². The fourth-order valence-corrected chi connectivity index (χ4v) is 2.43. The lowest BCUT2D eigenvalue weighted by molar-refractivity contribution is 0.0950. The summed E-state index contributed by atoms with van der Waals surface area (Å²) in [7, 11) is 0. The van der Waals surface area contributed by atoms with Crippen molar-refractivity contribution < 1.29 is 13.9 Å². The predicted octanol–water partition coefficient (Wildman–Crippen LogP) is 1.99. The van der Waals surface area contributed by atoms with E-state index in [1.54, 1.807) is 24.5 Å². The highest BCUT2D eigenvalue weighted by molar-refractivity contribution is 5.94. The zero-order valence-corrected chi connectivity index (χ0v) is 12.7. The van der Waals surface area contributed by atoms with Crippen LogP contribution in [0.25, 0.3) is 0 Å². The molecule has 23 heavy (non-hydrogen) atoms. The Kier molecular flexibility index (Phi) is 4.83. The number of rotatable bonds is 4. The number of ether oxygens (including phenoxy) is 1. The number of hydrogen-bond acceptors (Lipinski definition) is 4. The van der Waals surface area contributed by atoms with Gasteiger partial charge in [-0.25, -0.2) is 4.39 Å². The van der Waals surface area contributed by atoms with Crippen LogP contribution >= 0.6 is 0 Å². The molecule has 1 fully saturated rings. The molecule has 1 amide bonds. The predicted molar refractivity (Wildman–Crippen MR) is 84.8 cm³/mol. The molecule has 0 saturated carbocycles. The number of carbonyl (C=O) groups excluding carboxylic acids is 1. The molecule has 1 aromatic heterocycles. The van der Waals surface area contributed by atoms with E-state index in [1.165, 1.54) is 12.1 Å². The number of amides is 1. The monoisotopic (exact) mass is 315 g/mol. The number of aromatic nitrogens is 1. The van der Waals surface area contributed by atoms with Crippen molar-refractivity contribution in [1.29, 1.82) is 0 Å². The highest BCUT2D eigenvalue weighted by Crippen LogP contribution is 2.16. The molecule has 1 N–H and O–H groups in total. The number of anilines is 1. The Labute approximate surface area is 134 Å². The molecule has 1 aliphatic heterocycles.